The van der Waals surface area contributed by atoms with Crippen LogP contribution in [0.2, 0.25) is 0 Å². The number of nitrogens with zero attached hydrogens (tertiary/aromatic N) is 2. The summed E-state index contributed by atoms with van der Waals surface area (Å²) in [5.74, 6) is 0.247. The quantitative estimate of drug-likeness (QED) is 0.635. The molecule has 1 saturated heterocycles. The van der Waals surface area contributed by atoms with Crippen molar-refractivity contribution in [2.45, 2.75) is 12.6 Å². The van der Waals surface area contributed by atoms with Gasteiger partial charge in [-0.25, -0.2) is 4.39 Å². The first kappa shape index (κ1) is 20.1. The van der Waals surface area contributed by atoms with E-state index in [2.05, 4.69) is 10.2 Å². The summed E-state index contributed by atoms with van der Waals surface area (Å²) in [6.07, 6.45) is 0. The predicted octanol–water partition coefficient (Wildman–Crippen LogP) is 3.31. The number of nitrogens with one attached hydrogen (secondary N) is 1. The summed E-state index contributed by atoms with van der Waals surface area (Å²) in [5, 5.41) is 14.1. The van der Waals surface area contributed by atoms with Crippen LogP contribution in [0.1, 0.15) is 17.2 Å². The summed E-state index contributed by atoms with van der Waals surface area (Å²) in [6.45, 7) is 2.67. The van der Waals surface area contributed by atoms with Gasteiger partial charge in [0.2, 0.25) is 0 Å². The average Bonchev–Trinajstić information content (AvgIpc) is 2.63. The van der Waals surface area contributed by atoms with Gasteiger partial charge < -0.3 is 10.1 Å². The zero-order valence-corrected chi connectivity index (χ0v) is 15.2. The molecule has 0 bridgehead atoms. The van der Waals surface area contributed by atoms with E-state index in [1.54, 1.807) is 7.11 Å². The molecule has 0 aromatic heterocycles. The molecule has 0 aliphatic carbocycles. The van der Waals surface area contributed by atoms with Gasteiger partial charge in [0.05, 0.1) is 24.1 Å². The van der Waals surface area contributed by atoms with Crippen LogP contribution in [0.4, 0.5) is 10.1 Å². The van der Waals surface area contributed by atoms with E-state index in [1.165, 1.54) is 12.1 Å². The van der Waals surface area contributed by atoms with Crippen LogP contribution in [0.25, 0.3) is 0 Å². The number of benzene rings is 2. The highest BCUT2D eigenvalue weighted by Gasteiger charge is 2.27. The third-order valence-electron chi connectivity index (χ3n) is 4.47. The van der Waals surface area contributed by atoms with E-state index >= 15 is 0 Å². The highest BCUT2D eigenvalue weighted by molar-refractivity contribution is 5.85. The van der Waals surface area contributed by atoms with Crippen molar-refractivity contribution in [3.63, 3.8) is 0 Å². The van der Waals surface area contributed by atoms with Crippen molar-refractivity contribution in [3.05, 3.63) is 69.5 Å². The van der Waals surface area contributed by atoms with Crippen LogP contribution in [-0.2, 0) is 6.54 Å². The number of nitro groups is 1. The van der Waals surface area contributed by atoms with Gasteiger partial charge in [-0.05, 0) is 12.1 Å². The topological polar surface area (TPSA) is 67.6 Å². The molecule has 1 N–H and O–H groups in total. The molecule has 2 aromatic carbocycles. The molecule has 26 heavy (non-hydrogen) atoms. The molecule has 140 valence electrons. The molecule has 0 radical (unpaired) electrons. The van der Waals surface area contributed by atoms with Gasteiger partial charge in [-0.2, -0.15) is 0 Å². The van der Waals surface area contributed by atoms with Gasteiger partial charge in [-0.15, -0.1) is 12.4 Å². The Balaban J connectivity index is 0.00000243. The zero-order chi connectivity index (χ0) is 17.8. The number of methoxy groups -OCH3 is 1. The minimum atomic E-state index is -0.588. The fourth-order valence-electron chi connectivity index (χ4n) is 3.18. The third-order valence-corrected chi connectivity index (χ3v) is 4.47. The molecule has 2 aromatic rings. The summed E-state index contributed by atoms with van der Waals surface area (Å²) in [6, 6.07) is 11.7. The largest absolute Gasteiger partial charge is 0.496 e. The Morgan fingerprint density at radius 1 is 1.35 bits per heavy atom. The summed E-state index contributed by atoms with van der Waals surface area (Å²) in [4.78, 5) is 12.3. The van der Waals surface area contributed by atoms with Gasteiger partial charge in [0.25, 0.3) is 5.69 Å². The Morgan fingerprint density at radius 2 is 2.12 bits per heavy atom. The molecule has 1 aliphatic rings. The average molecular weight is 382 g/mol. The molecule has 0 spiro atoms. The summed E-state index contributed by atoms with van der Waals surface area (Å²) in [7, 11) is 1.63. The van der Waals surface area contributed by atoms with Crippen LogP contribution in [-0.4, -0.2) is 36.6 Å². The molecule has 0 amide bonds. The second kappa shape index (κ2) is 8.93. The van der Waals surface area contributed by atoms with E-state index in [0.29, 0.717) is 12.1 Å². The molecule has 1 heterocycles. The van der Waals surface area contributed by atoms with Crippen LogP contribution in [0.3, 0.4) is 0 Å². The number of piperazine rings is 1. The van der Waals surface area contributed by atoms with E-state index in [4.69, 9.17) is 4.74 Å². The van der Waals surface area contributed by atoms with E-state index in [-0.39, 0.29) is 24.1 Å². The van der Waals surface area contributed by atoms with Crippen molar-refractivity contribution in [1.82, 2.24) is 10.2 Å². The molecular formula is C18H21ClFN3O3. The zero-order valence-electron chi connectivity index (χ0n) is 14.4. The van der Waals surface area contributed by atoms with Crippen molar-refractivity contribution >= 4 is 18.1 Å². The Bertz CT molecular complexity index is 775. The van der Waals surface area contributed by atoms with Gasteiger partial charge in [-0.1, -0.05) is 18.2 Å². The number of nitro benzene ring substituents is 1. The first-order valence-electron chi connectivity index (χ1n) is 8.10. The SMILES string of the molecule is COc1ccccc1C1CNCCN1Cc1ccc([N+](=O)[O-])cc1F.Cl. The Hall–Kier alpha value is -2.22. The van der Waals surface area contributed by atoms with Gasteiger partial charge in [0.1, 0.15) is 11.6 Å². The number of hydrogen-bond acceptors (Lipinski definition) is 5. The molecule has 8 heteroatoms. The van der Waals surface area contributed by atoms with Gasteiger partial charge in [0, 0.05) is 43.4 Å². The maximum atomic E-state index is 14.3. The van der Waals surface area contributed by atoms with E-state index < -0.39 is 10.7 Å². The van der Waals surface area contributed by atoms with Crippen LogP contribution < -0.4 is 10.1 Å². The lowest BCUT2D eigenvalue weighted by Crippen LogP contribution is -2.45. The molecule has 0 saturated carbocycles. The minimum Gasteiger partial charge on any atom is -0.496 e. The number of hydrogen-bond donors (Lipinski definition) is 1. The Kier molecular flexibility index (Phi) is 6.90. The molecule has 1 unspecified atom stereocenters. The van der Waals surface area contributed by atoms with Crippen LogP contribution in [0, 0.1) is 15.9 Å². The molecule has 1 aliphatic heterocycles. The summed E-state index contributed by atoms with van der Waals surface area (Å²) < 4.78 is 19.7. The van der Waals surface area contributed by atoms with Crippen molar-refractivity contribution in [3.8, 4) is 5.75 Å². The standard InChI is InChI=1S/C18H20FN3O3.ClH/c1-25-18-5-3-2-4-15(18)17-11-20-8-9-21(17)12-13-6-7-14(22(23)24)10-16(13)19;/h2-7,10,17,20H,8-9,11-12H2,1H3;1H. The first-order chi connectivity index (χ1) is 12.1. The van der Waals surface area contributed by atoms with Crippen LogP contribution in [0.5, 0.6) is 5.75 Å². The smallest absolute Gasteiger partial charge is 0.272 e. The number of non-ortho nitro benzene ring substituents is 1. The molecular weight excluding hydrogens is 361 g/mol. The fourth-order valence-corrected chi connectivity index (χ4v) is 3.18. The summed E-state index contributed by atoms with van der Waals surface area (Å²) >= 11 is 0. The summed E-state index contributed by atoms with van der Waals surface area (Å²) in [5.41, 5.74) is 1.26. The number of ether oxygens (including phenoxy) is 1. The van der Waals surface area contributed by atoms with Gasteiger partial charge in [-0.3, -0.25) is 15.0 Å². The normalized spacial score (nSPS) is 17.4. The van der Waals surface area contributed by atoms with E-state index in [0.717, 1.165) is 37.0 Å². The van der Waals surface area contributed by atoms with Gasteiger partial charge in [0.15, 0.2) is 0 Å². The van der Waals surface area contributed by atoms with Crippen molar-refractivity contribution < 1.29 is 14.1 Å². The second-order valence-corrected chi connectivity index (χ2v) is 5.97. The van der Waals surface area contributed by atoms with Crippen molar-refractivity contribution in [1.29, 1.82) is 0 Å². The predicted molar refractivity (Wildman–Crippen MR) is 99.3 cm³/mol. The molecule has 1 fully saturated rings. The number of para-hydroxylation sites is 1. The fraction of sp³-hybridized carbons (Fsp3) is 0.333. The van der Waals surface area contributed by atoms with Crippen LogP contribution in [0.15, 0.2) is 42.5 Å². The lowest BCUT2D eigenvalue weighted by atomic mass is 10.0. The Labute approximate surface area is 157 Å². The highest BCUT2D eigenvalue weighted by atomic mass is 35.5. The molecule has 1 atom stereocenters. The van der Waals surface area contributed by atoms with E-state index in [9.17, 15) is 14.5 Å². The van der Waals surface area contributed by atoms with Gasteiger partial charge >= 0.3 is 0 Å². The molecule has 3 rings (SSSR count). The first-order valence-corrected chi connectivity index (χ1v) is 8.10. The Morgan fingerprint density at radius 3 is 2.81 bits per heavy atom. The number of halogens is 2. The third kappa shape index (κ3) is 4.30. The lowest BCUT2D eigenvalue weighted by molar-refractivity contribution is -0.385. The minimum absolute atomic E-state index is 0. The monoisotopic (exact) mass is 381 g/mol. The van der Waals surface area contributed by atoms with Crippen LogP contribution >= 0.6 is 12.4 Å². The maximum Gasteiger partial charge on any atom is 0.272 e. The second-order valence-electron chi connectivity index (χ2n) is 5.97. The number of rotatable bonds is 5. The van der Waals surface area contributed by atoms with Crippen molar-refractivity contribution in [2.24, 2.45) is 0 Å². The molecule has 6 nitrogen and oxygen atoms in total. The van der Waals surface area contributed by atoms with E-state index in [1.807, 2.05) is 24.3 Å². The lowest BCUT2D eigenvalue weighted by Gasteiger charge is -2.37. The van der Waals surface area contributed by atoms with Crippen molar-refractivity contribution in [2.75, 3.05) is 26.7 Å². The highest BCUT2D eigenvalue weighted by Crippen LogP contribution is 2.31. The maximum absolute atomic E-state index is 14.3.